The predicted molar refractivity (Wildman–Crippen MR) is 88.4 cm³/mol. The van der Waals surface area contributed by atoms with Crippen LogP contribution in [0.15, 0.2) is 91.0 Å². The van der Waals surface area contributed by atoms with E-state index in [0.29, 0.717) is 0 Å². The molecule has 1 heteroatoms. The zero-order chi connectivity index (χ0) is 13.8. The Balaban J connectivity index is 2.24. The number of hydrogen-bond donors (Lipinski definition) is 0. The van der Waals surface area contributed by atoms with Crippen molar-refractivity contribution < 1.29 is 0 Å². The highest BCUT2D eigenvalue weighted by Gasteiger charge is 2.29. The Labute approximate surface area is 121 Å². The molecule has 2 radical (unpaired) electrons. The van der Waals surface area contributed by atoms with Gasteiger partial charge < -0.3 is 6.66 Å². The molecule has 96 valence electrons. The molecule has 20 heavy (non-hydrogen) atoms. The van der Waals surface area contributed by atoms with Gasteiger partial charge in [0.2, 0.25) is 0 Å². The van der Waals surface area contributed by atoms with E-state index in [0.717, 1.165) is 15.9 Å². The molecular formula is C19H15P. The van der Waals surface area contributed by atoms with Crippen molar-refractivity contribution in [2.45, 2.75) is 0 Å². The van der Waals surface area contributed by atoms with Crippen LogP contribution in [0.4, 0.5) is 0 Å². The predicted octanol–water partition coefficient (Wildman–Crippen LogP) is 3.53. The monoisotopic (exact) mass is 274 g/mol. The largest absolute Gasteiger partial charge is 0.435 e. The molecule has 3 rings (SSSR count). The van der Waals surface area contributed by atoms with Crippen molar-refractivity contribution in [1.29, 1.82) is 0 Å². The van der Waals surface area contributed by atoms with Crippen LogP contribution in [-0.4, -0.2) is 0 Å². The van der Waals surface area contributed by atoms with Gasteiger partial charge in [0, 0.05) is 0 Å². The van der Waals surface area contributed by atoms with Gasteiger partial charge in [0.1, 0.15) is 0 Å². The number of benzene rings is 3. The van der Waals surface area contributed by atoms with E-state index in [4.69, 9.17) is 0 Å². The normalized spacial score (nSPS) is 11.2. The molecule has 3 aromatic rings. The van der Waals surface area contributed by atoms with Crippen molar-refractivity contribution in [3.63, 3.8) is 0 Å². The second-order valence-corrected chi connectivity index (χ2v) is 7.57. The third-order valence-corrected chi connectivity index (χ3v) is 6.65. The van der Waals surface area contributed by atoms with Crippen LogP contribution in [0.25, 0.3) is 0 Å². The van der Waals surface area contributed by atoms with E-state index in [1.54, 1.807) is 0 Å². The van der Waals surface area contributed by atoms with Crippen molar-refractivity contribution in [2.24, 2.45) is 0 Å². The first-order chi connectivity index (χ1) is 9.82. The van der Waals surface area contributed by atoms with Crippen LogP contribution >= 0.6 is 7.26 Å². The summed E-state index contributed by atoms with van der Waals surface area (Å²) in [4.78, 5) is 0. The number of hydrogen-bond acceptors (Lipinski definition) is 0. The lowest BCUT2D eigenvalue weighted by Crippen LogP contribution is -2.28. The third kappa shape index (κ3) is 2.28. The standard InChI is InChI=1S/C19H15P/c1-20(17-11-5-2-6-12-17,18-13-7-3-8-14-18)19-15-9-4-10-16-19/h2-16H. The molecule has 0 unspecified atom stereocenters. The summed E-state index contributed by atoms with van der Waals surface area (Å²) in [5.74, 6) is 0. The summed E-state index contributed by atoms with van der Waals surface area (Å²) in [6.07, 6.45) is 0. The summed E-state index contributed by atoms with van der Waals surface area (Å²) in [6.45, 7) is 9.25. The molecule has 0 aromatic heterocycles. The molecular weight excluding hydrogens is 259 g/mol. The fourth-order valence-corrected chi connectivity index (χ4v) is 5.15. The minimum Gasteiger partial charge on any atom is -0.435 e. The van der Waals surface area contributed by atoms with Gasteiger partial charge in [-0.3, -0.25) is 0 Å². The van der Waals surface area contributed by atoms with E-state index in [9.17, 15) is 6.66 Å². The maximum Gasteiger partial charge on any atom is 0.0708 e. The molecule has 0 bridgehead atoms. The van der Waals surface area contributed by atoms with Gasteiger partial charge in [-0.15, -0.1) is 0 Å². The Morgan fingerprint density at radius 1 is 0.450 bits per heavy atom. The maximum absolute atomic E-state index is 9.25. The second kappa shape index (κ2) is 5.61. The van der Waals surface area contributed by atoms with E-state index in [2.05, 4.69) is 36.4 Å². The van der Waals surface area contributed by atoms with Gasteiger partial charge in [-0.1, -0.05) is 61.9 Å². The van der Waals surface area contributed by atoms with Crippen LogP contribution in [0.1, 0.15) is 0 Å². The first-order valence-corrected chi connectivity index (χ1v) is 8.42. The molecule has 0 spiro atoms. The third-order valence-electron chi connectivity index (χ3n) is 3.43. The van der Waals surface area contributed by atoms with Crippen molar-refractivity contribution in [3.05, 3.63) is 97.7 Å². The van der Waals surface area contributed by atoms with Crippen LogP contribution < -0.4 is 15.9 Å². The molecule has 0 atom stereocenters. The van der Waals surface area contributed by atoms with Gasteiger partial charge in [-0.25, -0.2) is 0 Å². The van der Waals surface area contributed by atoms with Gasteiger partial charge in [-0.2, -0.15) is 0 Å². The average Bonchev–Trinajstić information content (AvgIpc) is 2.56. The Morgan fingerprint density at radius 3 is 0.950 bits per heavy atom. The molecule has 0 saturated carbocycles. The zero-order valence-electron chi connectivity index (χ0n) is 11.1. The molecule has 0 fully saturated rings. The van der Waals surface area contributed by atoms with E-state index in [1.807, 2.05) is 54.6 Å². The lowest BCUT2D eigenvalue weighted by atomic mass is 10.4. The highest BCUT2D eigenvalue weighted by Crippen LogP contribution is 2.53. The Hall–Kier alpha value is -1.91. The van der Waals surface area contributed by atoms with Crippen molar-refractivity contribution in [3.8, 4) is 0 Å². The fourth-order valence-electron chi connectivity index (χ4n) is 2.40. The van der Waals surface area contributed by atoms with E-state index in [1.165, 1.54) is 0 Å². The summed E-state index contributed by atoms with van der Waals surface area (Å²) in [5.41, 5.74) is 0. The van der Waals surface area contributed by atoms with E-state index in [-0.39, 0.29) is 0 Å². The Bertz CT molecular complexity index is 563. The van der Waals surface area contributed by atoms with E-state index < -0.39 is 7.26 Å². The van der Waals surface area contributed by atoms with Crippen molar-refractivity contribution >= 4 is 23.2 Å². The topological polar surface area (TPSA) is 0 Å². The molecule has 0 N–H and O–H groups in total. The highest BCUT2D eigenvalue weighted by atomic mass is 31.2. The van der Waals surface area contributed by atoms with Gasteiger partial charge in [0.05, 0.1) is 15.9 Å². The smallest absolute Gasteiger partial charge is 0.0708 e. The quantitative estimate of drug-likeness (QED) is 0.506. The highest BCUT2D eigenvalue weighted by molar-refractivity contribution is 7.96. The van der Waals surface area contributed by atoms with Crippen molar-refractivity contribution in [2.75, 3.05) is 0 Å². The van der Waals surface area contributed by atoms with Crippen LogP contribution in [0.3, 0.4) is 0 Å². The molecule has 0 nitrogen and oxygen atoms in total. The Kier molecular flexibility index (Phi) is 3.67. The number of rotatable bonds is 3. The van der Waals surface area contributed by atoms with Gasteiger partial charge in [0.25, 0.3) is 0 Å². The molecule has 0 aliphatic carbocycles. The van der Waals surface area contributed by atoms with E-state index >= 15 is 0 Å². The molecule has 0 heterocycles. The van der Waals surface area contributed by atoms with Crippen LogP contribution in [0.5, 0.6) is 0 Å². The molecule has 0 aliphatic rings. The summed E-state index contributed by atoms with van der Waals surface area (Å²) in [7, 11) is -2.28. The summed E-state index contributed by atoms with van der Waals surface area (Å²) < 4.78 is 0. The summed E-state index contributed by atoms with van der Waals surface area (Å²) in [6, 6.07) is 30.5. The zero-order valence-corrected chi connectivity index (χ0v) is 12.0. The lowest BCUT2D eigenvalue weighted by Gasteiger charge is -2.34. The van der Waals surface area contributed by atoms with Gasteiger partial charge in [0.15, 0.2) is 0 Å². The second-order valence-electron chi connectivity index (χ2n) is 4.68. The minimum absolute atomic E-state index is 1.09. The van der Waals surface area contributed by atoms with Gasteiger partial charge in [-0.05, 0) is 36.4 Å². The minimum atomic E-state index is -2.28. The lowest BCUT2D eigenvalue weighted by molar-refractivity contribution is 1.72. The first kappa shape index (κ1) is 13.1. The molecule has 0 saturated heterocycles. The van der Waals surface area contributed by atoms with Gasteiger partial charge >= 0.3 is 0 Å². The average molecular weight is 274 g/mol. The van der Waals surface area contributed by atoms with Crippen LogP contribution in [-0.2, 0) is 0 Å². The van der Waals surface area contributed by atoms with Crippen LogP contribution in [0, 0.1) is 6.66 Å². The Morgan fingerprint density at radius 2 is 0.700 bits per heavy atom. The SMILES string of the molecule is [C-][P+](c1ccccc1)(c1ccccc1)c1ccccc1. The molecule has 3 aromatic carbocycles. The summed E-state index contributed by atoms with van der Waals surface area (Å²) >= 11 is 0. The van der Waals surface area contributed by atoms with Crippen molar-refractivity contribution in [1.82, 2.24) is 0 Å². The molecule has 0 aliphatic heterocycles. The fraction of sp³-hybridized carbons (Fsp3) is 0. The van der Waals surface area contributed by atoms with Crippen LogP contribution in [0.2, 0.25) is 0 Å². The maximum atomic E-state index is 9.25. The molecule has 0 amide bonds. The summed E-state index contributed by atoms with van der Waals surface area (Å²) in [5, 5.41) is 3.28. The first-order valence-electron chi connectivity index (χ1n) is 6.63.